The molecule has 0 saturated carbocycles. The van der Waals surface area contributed by atoms with Crippen LogP contribution < -0.4 is 9.47 Å². The summed E-state index contributed by atoms with van der Waals surface area (Å²) in [7, 11) is 1.61. The Morgan fingerprint density at radius 1 is 1.28 bits per heavy atom. The standard InChI is InChI=1S/C17H17F2N3O2S/c1-9-6-13-14(10(2)15(9)24-16(18)19)22-17(21-13)25-8-11-7-12(23-3)4-5-20-11/h4-7,16H,8H2,1-3H3,(H,21,22). The predicted octanol–water partition coefficient (Wildman–Crippen LogP) is 4.48. The van der Waals surface area contributed by atoms with Gasteiger partial charge in [-0.15, -0.1) is 0 Å². The average Bonchev–Trinajstić information content (AvgIpc) is 3.00. The minimum atomic E-state index is -2.86. The Balaban J connectivity index is 1.84. The molecule has 0 aliphatic rings. The molecule has 0 saturated heterocycles. The minimum Gasteiger partial charge on any atom is -0.497 e. The first-order valence-electron chi connectivity index (χ1n) is 7.54. The number of halogens is 2. The number of benzene rings is 1. The van der Waals surface area contributed by atoms with E-state index in [1.165, 1.54) is 11.8 Å². The summed E-state index contributed by atoms with van der Waals surface area (Å²) in [5.74, 6) is 1.53. The lowest BCUT2D eigenvalue weighted by atomic mass is 10.1. The number of aryl methyl sites for hydroxylation is 2. The zero-order valence-corrected chi connectivity index (χ0v) is 14.8. The molecule has 2 aromatic heterocycles. The number of ether oxygens (including phenoxy) is 2. The molecule has 1 N–H and O–H groups in total. The van der Waals surface area contributed by atoms with Gasteiger partial charge in [-0.05, 0) is 31.5 Å². The van der Waals surface area contributed by atoms with E-state index in [-0.39, 0.29) is 5.75 Å². The van der Waals surface area contributed by atoms with E-state index < -0.39 is 6.61 Å². The molecule has 0 aliphatic heterocycles. The van der Waals surface area contributed by atoms with Gasteiger partial charge in [0.05, 0.1) is 23.8 Å². The Kier molecular flexibility index (Phi) is 5.08. The number of imidazole rings is 1. The number of thioether (sulfide) groups is 1. The largest absolute Gasteiger partial charge is 0.497 e. The van der Waals surface area contributed by atoms with Crippen LogP contribution in [-0.4, -0.2) is 28.7 Å². The molecular formula is C17H17F2N3O2S. The molecule has 1 aromatic carbocycles. The van der Waals surface area contributed by atoms with Crippen molar-refractivity contribution in [3.05, 3.63) is 41.2 Å². The molecule has 2 heterocycles. The van der Waals surface area contributed by atoms with Crippen molar-refractivity contribution in [1.82, 2.24) is 15.0 Å². The van der Waals surface area contributed by atoms with E-state index >= 15 is 0 Å². The maximum absolute atomic E-state index is 12.6. The maximum atomic E-state index is 12.6. The van der Waals surface area contributed by atoms with Crippen molar-refractivity contribution >= 4 is 22.8 Å². The molecule has 0 aliphatic carbocycles. The molecule has 5 nitrogen and oxygen atoms in total. The van der Waals surface area contributed by atoms with Gasteiger partial charge in [-0.2, -0.15) is 8.78 Å². The first kappa shape index (κ1) is 17.5. The number of H-pyrrole nitrogens is 1. The summed E-state index contributed by atoms with van der Waals surface area (Å²) in [5.41, 5.74) is 3.51. The number of nitrogens with zero attached hydrogens (tertiary/aromatic N) is 2. The van der Waals surface area contributed by atoms with Crippen molar-refractivity contribution in [2.24, 2.45) is 0 Å². The lowest BCUT2D eigenvalue weighted by molar-refractivity contribution is -0.0506. The van der Waals surface area contributed by atoms with Gasteiger partial charge < -0.3 is 14.5 Å². The summed E-state index contributed by atoms with van der Waals surface area (Å²) >= 11 is 1.48. The van der Waals surface area contributed by atoms with Gasteiger partial charge in [0.2, 0.25) is 0 Å². The van der Waals surface area contributed by atoms with E-state index in [9.17, 15) is 8.78 Å². The summed E-state index contributed by atoms with van der Waals surface area (Å²) in [4.78, 5) is 12.0. The minimum absolute atomic E-state index is 0.181. The number of nitrogens with one attached hydrogen (secondary N) is 1. The second-order valence-electron chi connectivity index (χ2n) is 5.44. The first-order chi connectivity index (χ1) is 12.0. The normalized spacial score (nSPS) is 11.3. The Hall–Kier alpha value is -2.35. The van der Waals surface area contributed by atoms with E-state index in [1.54, 1.807) is 39.3 Å². The van der Waals surface area contributed by atoms with Crippen LogP contribution in [0.2, 0.25) is 0 Å². The monoisotopic (exact) mass is 365 g/mol. The van der Waals surface area contributed by atoms with Crippen LogP contribution in [0.15, 0.2) is 29.6 Å². The van der Waals surface area contributed by atoms with Gasteiger partial charge in [-0.25, -0.2) is 4.98 Å². The number of hydrogen-bond donors (Lipinski definition) is 1. The summed E-state index contributed by atoms with van der Waals surface area (Å²) in [6.45, 7) is 0.603. The van der Waals surface area contributed by atoms with Gasteiger partial charge in [0, 0.05) is 23.6 Å². The van der Waals surface area contributed by atoms with Crippen LogP contribution in [0.3, 0.4) is 0 Å². The van der Waals surface area contributed by atoms with Crippen LogP contribution in [-0.2, 0) is 5.75 Å². The molecule has 0 fully saturated rings. The smallest absolute Gasteiger partial charge is 0.387 e. The summed E-state index contributed by atoms with van der Waals surface area (Å²) in [5, 5.41) is 0.691. The second kappa shape index (κ2) is 7.26. The van der Waals surface area contributed by atoms with E-state index in [4.69, 9.17) is 4.74 Å². The number of methoxy groups -OCH3 is 1. The van der Waals surface area contributed by atoms with Gasteiger partial charge in [0.15, 0.2) is 5.16 Å². The van der Waals surface area contributed by atoms with Crippen molar-refractivity contribution < 1.29 is 18.3 Å². The Morgan fingerprint density at radius 3 is 2.80 bits per heavy atom. The van der Waals surface area contributed by atoms with Crippen LogP contribution in [0.25, 0.3) is 11.0 Å². The Labute approximate surface area is 147 Å². The van der Waals surface area contributed by atoms with Crippen LogP contribution in [0, 0.1) is 13.8 Å². The number of fused-ring (bicyclic) bond motifs is 1. The Bertz CT molecular complexity index is 899. The van der Waals surface area contributed by atoms with Crippen LogP contribution in [0.4, 0.5) is 8.78 Å². The van der Waals surface area contributed by atoms with Gasteiger partial charge in [-0.3, -0.25) is 4.98 Å². The average molecular weight is 365 g/mol. The second-order valence-corrected chi connectivity index (χ2v) is 6.40. The molecule has 0 unspecified atom stereocenters. The number of alkyl halides is 2. The number of aromatic amines is 1. The van der Waals surface area contributed by atoms with Crippen molar-refractivity contribution in [3.8, 4) is 11.5 Å². The van der Waals surface area contributed by atoms with E-state index in [0.29, 0.717) is 27.6 Å². The number of aromatic nitrogens is 3. The highest BCUT2D eigenvalue weighted by molar-refractivity contribution is 7.98. The fraction of sp³-hybridized carbons (Fsp3) is 0.294. The molecule has 3 rings (SSSR count). The van der Waals surface area contributed by atoms with Crippen molar-refractivity contribution in [1.29, 1.82) is 0 Å². The van der Waals surface area contributed by atoms with Crippen molar-refractivity contribution in [3.63, 3.8) is 0 Å². The fourth-order valence-corrected chi connectivity index (χ4v) is 3.36. The van der Waals surface area contributed by atoms with Crippen molar-refractivity contribution in [2.75, 3.05) is 7.11 Å². The predicted molar refractivity (Wildman–Crippen MR) is 92.5 cm³/mol. The molecule has 8 heteroatoms. The third-order valence-corrected chi connectivity index (χ3v) is 4.62. The summed E-state index contributed by atoms with van der Waals surface area (Å²) < 4.78 is 35.0. The maximum Gasteiger partial charge on any atom is 0.387 e. The van der Waals surface area contributed by atoms with Gasteiger partial charge >= 0.3 is 6.61 Å². The lowest BCUT2D eigenvalue weighted by Crippen LogP contribution is -2.05. The molecule has 0 atom stereocenters. The number of hydrogen-bond acceptors (Lipinski definition) is 5. The molecule has 132 valence electrons. The highest BCUT2D eigenvalue weighted by Crippen LogP contribution is 2.33. The fourth-order valence-electron chi connectivity index (χ4n) is 2.58. The quantitative estimate of drug-likeness (QED) is 0.653. The number of pyridine rings is 1. The summed E-state index contributed by atoms with van der Waals surface area (Å²) in [6.07, 6.45) is 1.69. The molecule has 0 radical (unpaired) electrons. The molecule has 0 bridgehead atoms. The number of rotatable bonds is 6. The zero-order chi connectivity index (χ0) is 18.0. The van der Waals surface area contributed by atoms with Gasteiger partial charge in [0.1, 0.15) is 11.5 Å². The van der Waals surface area contributed by atoms with Gasteiger partial charge in [0.25, 0.3) is 0 Å². The van der Waals surface area contributed by atoms with E-state index in [2.05, 4.69) is 19.7 Å². The zero-order valence-electron chi connectivity index (χ0n) is 14.0. The molecule has 0 spiro atoms. The third kappa shape index (κ3) is 3.84. The highest BCUT2D eigenvalue weighted by Gasteiger charge is 2.16. The lowest BCUT2D eigenvalue weighted by Gasteiger charge is -2.11. The Morgan fingerprint density at radius 2 is 2.08 bits per heavy atom. The molecule has 25 heavy (non-hydrogen) atoms. The van der Waals surface area contributed by atoms with E-state index in [0.717, 1.165) is 17.0 Å². The SMILES string of the molecule is COc1ccnc(CSc2nc3c(C)c(OC(F)F)c(C)cc3[nH]2)c1. The molecular weight excluding hydrogens is 348 g/mol. The van der Waals surface area contributed by atoms with Crippen molar-refractivity contribution in [2.45, 2.75) is 31.4 Å². The topological polar surface area (TPSA) is 60.0 Å². The summed E-state index contributed by atoms with van der Waals surface area (Å²) in [6, 6.07) is 5.41. The first-order valence-corrected chi connectivity index (χ1v) is 8.53. The van der Waals surface area contributed by atoms with Crippen LogP contribution >= 0.6 is 11.8 Å². The molecule has 3 aromatic rings. The molecule has 0 amide bonds. The highest BCUT2D eigenvalue weighted by atomic mass is 32.2. The van der Waals surface area contributed by atoms with Crippen LogP contribution in [0.5, 0.6) is 11.5 Å². The third-order valence-electron chi connectivity index (χ3n) is 3.71. The van der Waals surface area contributed by atoms with E-state index in [1.807, 2.05) is 6.07 Å². The van der Waals surface area contributed by atoms with Gasteiger partial charge in [-0.1, -0.05) is 11.8 Å². The van der Waals surface area contributed by atoms with Crippen LogP contribution in [0.1, 0.15) is 16.8 Å².